The van der Waals surface area contributed by atoms with Crippen LogP contribution in [0.25, 0.3) is 5.76 Å². The van der Waals surface area contributed by atoms with Gasteiger partial charge in [-0.2, -0.15) is 5.48 Å². The van der Waals surface area contributed by atoms with Crippen LogP contribution in [0.4, 0.5) is 0 Å². The average molecular weight is 611 g/mol. The first-order valence-corrected chi connectivity index (χ1v) is 16.3. The Morgan fingerprint density at radius 2 is 1.98 bits per heavy atom. The number of hydrogen-bond acceptors (Lipinski definition) is 7. The number of fused-ring (bicyclic) bond motifs is 1. The zero-order chi connectivity index (χ0) is 30.2. The van der Waals surface area contributed by atoms with Crippen LogP contribution < -0.4 is 16.1 Å². The minimum atomic E-state index is -0.287. The molecule has 43 heavy (non-hydrogen) atoms. The van der Waals surface area contributed by atoms with Gasteiger partial charge in [0.1, 0.15) is 24.2 Å². The van der Waals surface area contributed by atoms with Crippen LogP contribution >= 0.6 is 11.6 Å². The number of aromatic hydroxyl groups is 1. The smallest absolute Gasteiger partial charge is 0.250 e. The number of ether oxygens (including phenoxy) is 1. The number of carbonyl (C=O) groups is 1. The third kappa shape index (κ3) is 9.11. The van der Waals surface area contributed by atoms with Crippen LogP contribution in [-0.4, -0.2) is 60.8 Å². The van der Waals surface area contributed by atoms with Crippen molar-refractivity contribution in [2.24, 2.45) is 0 Å². The minimum Gasteiger partial charge on any atom is -0.506 e. The van der Waals surface area contributed by atoms with Gasteiger partial charge in [0.25, 0.3) is 5.91 Å². The number of carbonyl (C=O) groups excluding carboxylic acids is 1. The first kappa shape index (κ1) is 31.6. The Morgan fingerprint density at radius 1 is 1.21 bits per heavy atom. The molecular weight excluding hydrogens is 564 g/mol. The molecule has 3 atom stereocenters. The molecule has 3 aliphatic heterocycles. The normalized spacial score (nSPS) is 25.6. The van der Waals surface area contributed by atoms with E-state index in [9.17, 15) is 9.90 Å². The number of nitrogens with one attached hydrogen (secondary N) is 3. The van der Waals surface area contributed by atoms with Crippen LogP contribution in [-0.2, 0) is 20.8 Å². The first-order valence-electron chi connectivity index (χ1n) is 15.9. The molecule has 0 bridgehead atoms. The highest BCUT2D eigenvalue weighted by Gasteiger charge is 2.32. The van der Waals surface area contributed by atoms with Crippen LogP contribution in [0.15, 0.2) is 48.2 Å². The summed E-state index contributed by atoms with van der Waals surface area (Å²) in [4.78, 5) is 20.3. The molecule has 1 amide bonds. The summed E-state index contributed by atoms with van der Waals surface area (Å²) in [5.41, 5.74) is 8.42. The largest absolute Gasteiger partial charge is 0.506 e. The molecule has 1 aromatic carbocycles. The molecule has 1 aromatic rings. The zero-order valence-electron chi connectivity index (χ0n) is 25.4. The second kappa shape index (κ2) is 15.3. The number of rotatable bonds is 9. The molecule has 5 rings (SSSR count). The summed E-state index contributed by atoms with van der Waals surface area (Å²) in [6.07, 6.45) is 18.0. The fourth-order valence-corrected chi connectivity index (χ4v) is 6.12. The Bertz CT molecular complexity index is 1240. The number of amides is 1. The van der Waals surface area contributed by atoms with Gasteiger partial charge in [-0.15, -0.1) is 0 Å². The van der Waals surface area contributed by atoms with Crippen molar-refractivity contribution in [1.82, 2.24) is 21.0 Å². The van der Waals surface area contributed by atoms with Crippen LogP contribution in [0.2, 0.25) is 5.02 Å². The van der Waals surface area contributed by atoms with Crippen molar-refractivity contribution in [2.75, 3.05) is 32.8 Å². The number of hydroxylamine groups is 1. The lowest BCUT2D eigenvalue weighted by Gasteiger charge is -2.27. The SMILES string of the molecule is C=C1OC(CCNC(C)=C2CC2)C/C=C/CC/C=C/C(NOCC(=O)N2CCCCC2)Cc2c(Cl)c(O)cc(C3CN3)c21. The summed E-state index contributed by atoms with van der Waals surface area (Å²) in [5, 5.41) is 18.1. The van der Waals surface area contributed by atoms with E-state index in [4.69, 9.17) is 21.2 Å². The van der Waals surface area contributed by atoms with Crippen molar-refractivity contribution in [1.29, 1.82) is 0 Å². The standard InChI is InChI=1S/C34H47ClN4O4/c1-23(25-13-14-25)36-16-15-27-12-8-5-3-4-7-11-26(38-42-22-32(41)39-17-9-6-10-18-39)19-29-33(24(2)43-27)28(30-21-37-30)20-31(40)34(29)35/h5,7-8,11,20,26-27,30,36-38,40H,2-4,6,9-10,12-19,21-22H2,1H3/b8-5+,11-7+. The van der Waals surface area contributed by atoms with Gasteiger partial charge in [-0.25, -0.2) is 0 Å². The third-order valence-corrected chi connectivity index (χ3v) is 9.05. The fourth-order valence-electron chi connectivity index (χ4n) is 5.90. The van der Waals surface area contributed by atoms with E-state index in [-0.39, 0.29) is 41.5 Å². The summed E-state index contributed by atoms with van der Waals surface area (Å²) in [6.45, 7) is 9.73. The Balaban J connectivity index is 1.36. The van der Waals surface area contributed by atoms with Gasteiger partial charge in [0.2, 0.25) is 0 Å². The van der Waals surface area contributed by atoms with Crippen LogP contribution in [0.5, 0.6) is 5.75 Å². The van der Waals surface area contributed by atoms with E-state index in [1.807, 2.05) is 4.90 Å². The second-order valence-corrected chi connectivity index (χ2v) is 12.5. The number of likely N-dealkylation sites (tertiary alicyclic amines) is 1. The van der Waals surface area contributed by atoms with Gasteiger partial charge >= 0.3 is 0 Å². The maximum Gasteiger partial charge on any atom is 0.250 e. The highest BCUT2D eigenvalue weighted by atomic mass is 35.5. The van der Waals surface area contributed by atoms with Gasteiger partial charge < -0.3 is 25.4 Å². The number of phenolic OH excluding ortho intramolecular Hbond substituents is 1. The Hall–Kier alpha value is -2.78. The predicted molar refractivity (Wildman–Crippen MR) is 171 cm³/mol. The van der Waals surface area contributed by atoms with E-state index in [1.54, 1.807) is 6.07 Å². The quantitative estimate of drug-likeness (QED) is 0.158. The van der Waals surface area contributed by atoms with E-state index >= 15 is 0 Å². The van der Waals surface area contributed by atoms with Crippen molar-refractivity contribution in [3.63, 3.8) is 0 Å². The highest BCUT2D eigenvalue weighted by Crippen LogP contribution is 2.42. The second-order valence-electron chi connectivity index (χ2n) is 12.1. The monoisotopic (exact) mass is 610 g/mol. The molecule has 8 nitrogen and oxygen atoms in total. The molecule has 4 aliphatic rings. The average Bonchev–Trinajstić information content (AvgIpc) is 3.92. The minimum absolute atomic E-state index is 0.00814. The number of allylic oxidation sites excluding steroid dienone is 4. The molecule has 1 saturated carbocycles. The molecular formula is C34H47ClN4O4. The van der Waals surface area contributed by atoms with E-state index in [0.717, 1.165) is 81.4 Å². The van der Waals surface area contributed by atoms with E-state index in [2.05, 4.69) is 53.9 Å². The van der Waals surface area contributed by atoms with Gasteiger partial charge in [0, 0.05) is 56.3 Å². The molecule has 0 spiro atoms. The first-order chi connectivity index (χ1) is 20.9. The van der Waals surface area contributed by atoms with Crippen molar-refractivity contribution in [3.8, 4) is 5.75 Å². The molecule has 9 heteroatoms. The maximum absolute atomic E-state index is 12.7. The summed E-state index contributed by atoms with van der Waals surface area (Å²) in [5.74, 6) is 0.581. The zero-order valence-corrected chi connectivity index (χ0v) is 26.2. The van der Waals surface area contributed by atoms with Gasteiger partial charge in [-0.3, -0.25) is 9.63 Å². The van der Waals surface area contributed by atoms with Crippen LogP contribution in [0.1, 0.15) is 87.4 Å². The Kier molecular flexibility index (Phi) is 11.2. The summed E-state index contributed by atoms with van der Waals surface area (Å²) < 4.78 is 6.62. The number of halogens is 1. The lowest BCUT2D eigenvalue weighted by Crippen LogP contribution is -2.40. The molecule has 0 aromatic heterocycles. The number of nitrogens with zero attached hydrogens (tertiary/aromatic N) is 1. The number of hydrogen-bond donors (Lipinski definition) is 4. The maximum atomic E-state index is 12.7. The van der Waals surface area contributed by atoms with E-state index < -0.39 is 0 Å². The number of phenols is 1. The predicted octanol–water partition coefficient (Wildman–Crippen LogP) is 5.83. The number of benzene rings is 1. The lowest BCUT2D eigenvalue weighted by molar-refractivity contribution is -0.140. The van der Waals surface area contributed by atoms with Crippen LogP contribution in [0.3, 0.4) is 0 Å². The highest BCUT2D eigenvalue weighted by molar-refractivity contribution is 6.33. The molecule has 1 aliphatic carbocycles. The van der Waals surface area contributed by atoms with Gasteiger partial charge in [-0.05, 0) is 75.5 Å². The molecule has 0 radical (unpaired) electrons. The van der Waals surface area contributed by atoms with E-state index in [1.165, 1.54) is 30.5 Å². The number of piperidine rings is 1. The fraction of sp³-hybridized carbons (Fsp3) is 0.559. The van der Waals surface area contributed by atoms with Gasteiger partial charge in [-0.1, -0.05) is 48.1 Å². The van der Waals surface area contributed by atoms with Crippen molar-refractivity contribution < 1.29 is 19.5 Å². The topological polar surface area (TPSA) is 105 Å². The summed E-state index contributed by atoms with van der Waals surface area (Å²) >= 11 is 6.82. The molecule has 234 valence electrons. The third-order valence-electron chi connectivity index (χ3n) is 8.63. The molecule has 3 heterocycles. The lowest BCUT2D eigenvalue weighted by atomic mass is 9.92. The molecule has 3 unspecified atom stereocenters. The summed E-state index contributed by atoms with van der Waals surface area (Å²) in [6, 6.07) is 1.55. The van der Waals surface area contributed by atoms with Gasteiger partial charge in [0.05, 0.1) is 11.1 Å². The Labute approximate surface area is 261 Å². The van der Waals surface area contributed by atoms with Crippen molar-refractivity contribution >= 4 is 23.3 Å². The van der Waals surface area contributed by atoms with Gasteiger partial charge in [0.15, 0.2) is 0 Å². The van der Waals surface area contributed by atoms with Crippen molar-refractivity contribution in [2.45, 2.75) is 89.3 Å². The Morgan fingerprint density at radius 3 is 2.72 bits per heavy atom. The molecule has 2 saturated heterocycles. The summed E-state index contributed by atoms with van der Waals surface area (Å²) in [7, 11) is 0. The molecule has 3 fully saturated rings. The molecule has 4 N–H and O–H groups in total. The van der Waals surface area contributed by atoms with E-state index in [0.29, 0.717) is 12.2 Å². The van der Waals surface area contributed by atoms with Crippen molar-refractivity contribution in [3.05, 3.63) is 69.9 Å². The van der Waals surface area contributed by atoms with Crippen LogP contribution in [0, 0.1) is 0 Å².